The molecular formula is C17H19N3O5S2. The van der Waals surface area contributed by atoms with Gasteiger partial charge in [0, 0.05) is 19.2 Å². The minimum atomic E-state index is -3.86. The molecular weight excluding hydrogens is 390 g/mol. The van der Waals surface area contributed by atoms with Gasteiger partial charge in [0.25, 0.3) is 10.0 Å². The number of hydrogen-bond acceptors (Lipinski definition) is 5. The molecule has 1 aliphatic heterocycles. The van der Waals surface area contributed by atoms with Crippen LogP contribution in [0, 0.1) is 0 Å². The molecule has 2 N–H and O–H groups in total. The highest BCUT2D eigenvalue weighted by Crippen LogP contribution is 2.27. The first kappa shape index (κ1) is 19.2. The highest BCUT2D eigenvalue weighted by Gasteiger charge is 2.28. The van der Waals surface area contributed by atoms with Gasteiger partial charge in [0.1, 0.15) is 0 Å². The maximum Gasteiger partial charge on any atom is 0.261 e. The predicted octanol–water partition coefficient (Wildman–Crippen LogP) is 1.99. The number of carbonyl (C=O) groups excluding carboxylic acids is 1. The van der Waals surface area contributed by atoms with E-state index in [0.29, 0.717) is 24.3 Å². The molecule has 27 heavy (non-hydrogen) atoms. The van der Waals surface area contributed by atoms with E-state index >= 15 is 0 Å². The van der Waals surface area contributed by atoms with Gasteiger partial charge in [0.05, 0.1) is 22.0 Å². The summed E-state index contributed by atoms with van der Waals surface area (Å²) in [6.07, 6.45) is 0.541. The van der Waals surface area contributed by atoms with Crippen LogP contribution in [-0.2, 0) is 24.8 Å². The van der Waals surface area contributed by atoms with Gasteiger partial charge in [-0.25, -0.2) is 16.8 Å². The van der Waals surface area contributed by atoms with Gasteiger partial charge in [-0.05, 0) is 48.9 Å². The molecule has 144 valence electrons. The van der Waals surface area contributed by atoms with Crippen molar-refractivity contribution in [2.45, 2.75) is 18.2 Å². The van der Waals surface area contributed by atoms with Crippen LogP contribution in [0.4, 0.5) is 17.1 Å². The second-order valence-corrected chi connectivity index (χ2v) is 9.80. The average molecular weight is 409 g/mol. The lowest BCUT2D eigenvalue weighted by molar-refractivity contribution is -0.114. The van der Waals surface area contributed by atoms with Crippen LogP contribution in [0.15, 0.2) is 53.4 Å². The number of hydrogen-bond donors (Lipinski definition) is 2. The van der Waals surface area contributed by atoms with Crippen molar-refractivity contribution in [2.75, 3.05) is 26.6 Å². The SMILES string of the molecule is CC(=O)Nc1ccc(S(=O)(=O)Nc2cccc(N3CCCS3(=O)=O)c2)cc1. The fraction of sp³-hybridized carbons (Fsp3) is 0.235. The Morgan fingerprint density at radius 1 is 1.07 bits per heavy atom. The topological polar surface area (TPSA) is 113 Å². The van der Waals surface area contributed by atoms with E-state index in [-0.39, 0.29) is 22.2 Å². The fourth-order valence-corrected chi connectivity index (χ4v) is 5.39. The normalized spacial score (nSPS) is 16.1. The Labute approximate surface area is 158 Å². The Morgan fingerprint density at radius 3 is 2.37 bits per heavy atom. The molecule has 8 nitrogen and oxygen atoms in total. The van der Waals surface area contributed by atoms with E-state index in [2.05, 4.69) is 10.0 Å². The summed E-state index contributed by atoms with van der Waals surface area (Å²) in [6, 6.07) is 12.0. The maximum absolute atomic E-state index is 12.6. The molecule has 1 saturated heterocycles. The molecule has 1 amide bonds. The van der Waals surface area contributed by atoms with Gasteiger partial charge < -0.3 is 5.32 Å². The Balaban J connectivity index is 1.82. The van der Waals surface area contributed by atoms with E-state index in [0.717, 1.165) is 0 Å². The third-order valence-corrected chi connectivity index (χ3v) is 7.24. The molecule has 0 aromatic heterocycles. The largest absolute Gasteiger partial charge is 0.326 e. The molecule has 1 heterocycles. The van der Waals surface area contributed by atoms with Crippen LogP contribution in [0.1, 0.15) is 13.3 Å². The van der Waals surface area contributed by atoms with Crippen LogP contribution in [0.2, 0.25) is 0 Å². The Morgan fingerprint density at radius 2 is 1.78 bits per heavy atom. The molecule has 10 heteroatoms. The van der Waals surface area contributed by atoms with Crippen LogP contribution in [0.3, 0.4) is 0 Å². The van der Waals surface area contributed by atoms with Crippen molar-refractivity contribution in [3.63, 3.8) is 0 Å². The molecule has 0 unspecified atom stereocenters. The number of nitrogens with one attached hydrogen (secondary N) is 2. The second-order valence-electron chi connectivity index (χ2n) is 6.10. The minimum absolute atomic E-state index is 0.0239. The lowest BCUT2D eigenvalue weighted by Crippen LogP contribution is -2.25. The zero-order valence-electron chi connectivity index (χ0n) is 14.5. The molecule has 0 saturated carbocycles. The molecule has 0 spiro atoms. The number of anilines is 3. The second kappa shape index (κ2) is 7.20. The van der Waals surface area contributed by atoms with Crippen molar-refractivity contribution in [1.82, 2.24) is 0 Å². The summed E-state index contributed by atoms with van der Waals surface area (Å²) in [6.45, 7) is 1.74. The van der Waals surface area contributed by atoms with Gasteiger partial charge in [-0.3, -0.25) is 13.8 Å². The van der Waals surface area contributed by atoms with Gasteiger partial charge in [0.15, 0.2) is 0 Å². The molecule has 0 aliphatic carbocycles. The quantitative estimate of drug-likeness (QED) is 0.784. The van der Waals surface area contributed by atoms with Crippen LogP contribution >= 0.6 is 0 Å². The van der Waals surface area contributed by atoms with Crippen LogP contribution < -0.4 is 14.3 Å². The Kier molecular flexibility index (Phi) is 5.11. The zero-order chi connectivity index (χ0) is 19.7. The number of carbonyl (C=O) groups is 1. The monoisotopic (exact) mass is 409 g/mol. The van der Waals surface area contributed by atoms with Gasteiger partial charge in [0.2, 0.25) is 15.9 Å². The van der Waals surface area contributed by atoms with E-state index in [4.69, 9.17) is 0 Å². The highest BCUT2D eigenvalue weighted by molar-refractivity contribution is 7.93. The lowest BCUT2D eigenvalue weighted by atomic mass is 10.3. The summed E-state index contributed by atoms with van der Waals surface area (Å²) >= 11 is 0. The smallest absolute Gasteiger partial charge is 0.261 e. The summed E-state index contributed by atoms with van der Waals surface area (Å²) in [5, 5.41) is 2.56. The summed E-state index contributed by atoms with van der Waals surface area (Å²) in [4.78, 5) is 11.1. The van der Waals surface area contributed by atoms with Crippen molar-refractivity contribution in [1.29, 1.82) is 0 Å². The number of amides is 1. The van der Waals surface area contributed by atoms with E-state index in [1.54, 1.807) is 18.2 Å². The van der Waals surface area contributed by atoms with E-state index in [1.165, 1.54) is 41.6 Å². The molecule has 2 aromatic carbocycles. The Bertz CT molecular complexity index is 1060. The van der Waals surface area contributed by atoms with Gasteiger partial charge >= 0.3 is 0 Å². The zero-order valence-corrected chi connectivity index (χ0v) is 16.2. The van der Waals surface area contributed by atoms with E-state index in [9.17, 15) is 21.6 Å². The average Bonchev–Trinajstić information content (AvgIpc) is 2.94. The predicted molar refractivity (Wildman–Crippen MR) is 104 cm³/mol. The van der Waals surface area contributed by atoms with E-state index in [1.807, 2.05) is 0 Å². The third kappa shape index (κ3) is 4.40. The third-order valence-electron chi connectivity index (χ3n) is 3.97. The summed E-state index contributed by atoms with van der Waals surface area (Å²) in [7, 11) is -7.20. The highest BCUT2D eigenvalue weighted by atomic mass is 32.2. The maximum atomic E-state index is 12.6. The molecule has 0 bridgehead atoms. The molecule has 1 fully saturated rings. The van der Waals surface area contributed by atoms with Crippen LogP contribution in [-0.4, -0.2) is 35.0 Å². The van der Waals surface area contributed by atoms with Gasteiger partial charge in [-0.15, -0.1) is 0 Å². The molecule has 2 aromatic rings. The van der Waals surface area contributed by atoms with Crippen molar-refractivity contribution in [2.24, 2.45) is 0 Å². The minimum Gasteiger partial charge on any atom is -0.326 e. The standard InChI is InChI=1S/C17H19N3O5S2/c1-13(21)18-14-6-8-17(9-7-14)27(24,25)19-15-4-2-5-16(12-15)20-10-3-11-26(20,22)23/h2,4-9,12,19H,3,10-11H2,1H3,(H,18,21). The first-order valence-corrected chi connectivity index (χ1v) is 11.3. The first-order valence-electron chi connectivity index (χ1n) is 8.18. The Hall–Kier alpha value is -2.59. The number of nitrogens with zero attached hydrogens (tertiary/aromatic N) is 1. The van der Waals surface area contributed by atoms with E-state index < -0.39 is 20.0 Å². The molecule has 0 atom stereocenters. The first-order chi connectivity index (χ1) is 12.7. The van der Waals surface area contributed by atoms with Gasteiger partial charge in [-0.1, -0.05) is 6.07 Å². The summed E-state index contributed by atoms with van der Waals surface area (Å²) < 4.78 is 53.0. The molecule has 1 aliphatic rings. The van der Waals surface area contributed by atoms with Crippen molar-refractivity contribution >= 4 is 43.0 Å². The number of rotatable bonds is 5. The van der Waals surface area contributed by atoms with Crippen LogP contribution in [0.25, 0.3) is 0 Å². The van der Waals surface area contributed by atoms with Crippen molar-refractivity contribution < 1.29 is 21.6 Å². The fourth-order valence-electron chi connectivity index (χ4n) is 2.79. The summed E-state index contributed by atoms with van der Waals surface area (Å²) in [5.41, 5.74) is 1.18. The number of benzene rings is 2. The molecule has 0 radical (unpaired) electrons. The summed E-state index contributed by atoms with van der Waals surface area (Å²) in [5.74, 6) is -0.165. The molecule has 3 rings (SSSR count). The van der Waals surface area contributed by atoms with Crippen molar-refractivity contribution in [3.05, 3.63) is 48.5 Å². The number of sulfonamides is 2. The lowest BCUT2D eigenvalue weighted by Gasteiger charge is -2.18. The van der Waals surface area contributed by atoms with Crippen molar-refractivity contribution in [3.8, 4) is 0 Å². The van der Waals surface area contributed by atoms with Crippen LogP contribution in [0.5, 0.6) is 0 Å². The van der Waals surface area contributed by atoms with Gasteiger partial charge in [-0.2, -0.15) is 0 Å².